The van der Waals surface area contributed by atoms with Crippen LogP contribution in [0.25, 0.3) is 10.9 Å². The molecule has 1 aromatic heterocycles. The van der Waals surface area contributed by atoms with E-state index in [0.717, 1.165) is 35.0 Å². The molecule has 1 atom stereocenters. The third-order valence-electron chi connectivity index (χ3n) is 6.30. The van der Waals surface area contributed by atoms with Crippen molar-refractivity contribution < 1.29 is 9.59 Å². The Labute approximate surface area is 184 Å². The number of nitrogens with one attached hydrogen (secondary N) is 1. The van der Waals surface area contributed by atoms with Crippen molar-refractivity contribution in [1.29, 1.82) is 0 Å². The van der Waals surface area contributed by atoms with Crippen molar-refractivity contribution in [2.24, 2.45) is 5.92 Å². The number of para-hydroxylation sites is 2. The first kappa shape index (κ1) is 21.2. The minimum absolute atomic E-state index is 0.115. The van der Waals surface area contributed by atoms with Crippen molar-refractivity contribution in [2.45, 2.75) is 52.6 Å². The van der Waals surface area contributed by atoms with Gasteiger partial charge in [-0.25, -0.2) is 0 Å². The van der Waals surface area contributed by atoms with E-state index in [2.05, 4.69) is 26.1 Å². The van der Waals surface area contributed by atoms with Crippen LogP contribution < -0.4 is 10.2 Å². The highest BCUT2D eigenvalue weighted by Gasteiger charge is 2.48. The van der Waals surface area contributed by atoms with Crippen LogP contribution in [-0.4, -0.2) is 28.5 Å². The summed E-state index contributed by atoms with van der Waals surface area (Å²) < 4.78 is 2.00. The molecule has 31 heavy (non-hydrogen) atoms. The number of nitrogens with zero attached hydrogens (tertiary/aromatic N) is 2. The largest absolute Gasteiger partial charge is 0.354 e. The van der Waals surface area contributed by atoms with Gasteiger partial charge < -0.3 is 9.88 Å². The molecule has 0 unspecified atom stereocenters. The summed E-state index contributed by atoms with van der Waals surface area (Å²) in [4.78, 5) is 29.2. The van der Waals surface area contributed by atoms with Crippen LogP contribution in [-0.2, 0) is 17.8 Å². The maximum absolute atomic E-state index is 13.9. The summed E-state index contributed by atoms with van der Waals surface area (Å²) in [5, 5.41) is 4.12. The second kappa shape index (κ2) is 8.22. The van der Waals surface area contributed by atoms with Gasteiger partial charge in [-0.1, -0.05) is 57.2 Å². The number of aromatic nitrogens is 1. The number of rotatable bonds is 6. The molecule has 1 N–H and O–H groups in total. The zero-order chi connectivity index (χ0) is 22.2. The molecule has 5 nitrogen and oxygen atoms in total. The number of carbonyl (C=O) groups is 2. The average Bonchev–Trinajstić information content (AvgIpc) is 3.12. The number of hydrogen-bond acceptors (Lipinski definition) is 2. The average molecular weight is 418 g/mol. The van der Waals surface area contributed by atoms with Crippen LogP contribution in [0.15, 0.2) is 54.6 Å². The fourth-order valence-corrected chi connectivity index (χ4v) is 4.52. The molecular weight excluding hydrogens is 386 g/mol. The van der Waals surface area contributed by atoms with Gasteiger partial charge in [0.25, 0.3) is 5.91 Å². The highest BCUT2D eigenvalue weighted by molar-refractivity contribution is 6.14. The molecule has 2 amide bonds. The van der Waals surface area contributed by atoms with Crippen LogP contribution in [0.2, 0.25) is 0 Å². The van der Waals surface area contributed by atoms with Crippen molar-refractivity contribution in [1.82, 2.24) is 9.88 Å². The van der Waals surface area contributed by atoms with E-state index in [-0.39, 0.29) is 11.8 Å². The van der Waals surface area contributed by atoms with Gasteiger partial charge in [0.15, 0.2) is 0 Å². The van der Waals surface area contributed by atoms with Crippen LogP contribution in [0.5, 0.6) is 0 Å². The lowest BCUT2D eigenvalue weighted by molar-refractivity contribution is -0.126. The second-order valence-corrected chi connectivity index (χ2v) is 9.01. The third-order valence-corrected chi connectivity index (χ3v) is 6.30. The van der Waals surface area contributed by atoms with Crippen LogP contribution >= 0.6 is 0 Å². The summed E-state index contributed by atoms with van der Waals surface area (Å²) in [6.07, 6.45) is 1.69. The maximum atomic E-state index is 13.9. The number of aryl methyl sites for hydroxylation is 1. The fraction of sp³-hybridized carbons (Fsp3) is 0.385. The predicted molar refractivity (Wildman–Crippen MR) is 125 cm³/mol. The molecule has 1 aliphatic rings. The third kappa shape index (κ3) is 3.62. The van der Waals surface area contributed by atoms with E-state index >= 15 is 0 Å². The van der Waals surface area contributed by atoms with Gasteiger partial charge in [-0.15, -0.1) is 0 Å². The Bertz CT molecular complexity index is 1130. The molecular formula is C26H31N3O2. The Balaban J connectivity index is 1.85. The Kier molecular flexibility index (Phi) is 5.61. The van der Waals surface area contributed by atoms with Crippen molar-refractivity contribution in [2.75, 3.05) is 11.4 Å². The van der Waals surface area contributed by atoms with Crippen molar-refractivity contribution in [3.63, 3.8) is 0 Å². The van der Waals surface area contributed by atoms with Gasteiger partial charge in [0.1, 0.15) is 11.2 Å². The van der Waals surface area contributed by atoms with E-state index in [1.54, 1.807) is 4.90 Å². The predicted octanol–water partition coefficient (Wildman–Crippen LogP) is 4.79. The van der Waals surface area contributed by atoms with Gasteiger partial charge >= 0.3 is 0 Å². The van der Waals surface area contributed by atoms with Crippen LogP contribution in [0, 0.1) is 5.92 Å². The quantitative estimate of drug-likeness (QED) is 0.627. The lowest BCUT2D eigenvalue weighted by Crippen LogP contribution is -2.64. The minimum Gasteiger partial charge on any atom is -0.354 e. The number of benzene rings is 2. The Hall–Kier alpha value is -3.08. The van der Waals surface area contributed by atoms with E-state index < -0.39 is 5.54 Å². The SMILES string of the molecule is CCc1ccccc1N1C(=O)c2cc3ccccc3n2C[C@@]1(C)C(=O)NCCC(C)C. The lowest BCUT2D eigenvalue weighted by atomic mass is 9.92. The molecule has 3 aromatic rings. The number of amides is 2. The molecule has 0 spiro atoms. The first-order valence-corrected chi connectivity index (χ1v) is 11.2. The second-order valence-electron chi connectivity index (χ2n) is 9.01. The smallest absolute Gasteiger partial charge is 0.275 e. The molecule has 2 heterocycles. The minimum atomic E-state index is -1.03. The highest BCUT2D eigenvalue weighted by Crippen LogP contribution is 2.37. The molecule has 0 aliphatic carbocycles. The molecule has 1 aliphatic heterocycles. The van der Waals surface area contributed by atoms with Gasteiger partial charge in [-0.2, -0.15) is 0 Å². The molecule has 2 aromatic carbocycles. The number of hydrogen-bond donors (Lipinski definition) is 1. The van der Waals surface area contributed by atoms with E-state index in [0.29, 0.717) is 24.7 Å². The summed E-state index contributed by atoms with van der Waals surface area (Å²) in [5.41, 5.74) is 2.44. The lowest BCUT2D eigenvalue weighted by Gasteiger charge is -2.44. The first-order chi connectivity index (χ1) is 14.9. The van der Waals surface area contributed by atoms with E-state index in [4.69, 9.17) is 0 Å². The topological polar surface area (TPSA) is 54.3 Å². The van der Waals surface area contributed by atoms with Gasteiger partial charge in [0, 0.05) is 23.1 Å². The normalized spacial score (nSPS) is 18.5. The monoisotopic (exact) mass is 417 g/mol. The molecule has 0 fully saturated rings. The Morgan fingerprint density at radius 1 is 1.13 bits per heavy atom. The standard InChI is InChI=1S/C26H31N3O2/c1-5-19-10-6-9-13-22(19)29-24(30)23-16-20-11-7-8-12-21(20)28(23)17-26(29,4)25(31)27-15-14-18(2)3/h6-13,16,18H,5,14-15,17H2,1-4H3,(H,27,31)/t26-/m0/s1. The number of fused-ring (bicyclic) bond motifs is 3. The molecule has 162 valence electrons. The molecule has 0 saturated carbocycles. The summed E-state index contributed by atoms with van der Waals surface area (Å²) >= 11 is 0. The number of anilines is 1. The summed E-state index contributed by atoms with van der Waals surface area (Å²) in [6, 6.07) is 17.8. The van der Waals surface area contributed by atoms with Crippen LogP contribution in [0.4, 0.5) is 5.69 Å². The summed E-state index contributed by atoms with van der Waals surface area (Å²) in [5.74, 6) is 0.249. The van der Waals surface area contributed by atoms with Gasteiger partial charge in [-0.3, -0.25) is 14.5 Å². The first-order valence-electron chi connectivity index (χ1n) is 11.2. The molecule has 0 saturated heterocycles. The van der Waals surface area contributed by atoms with Crippen LogP contribution in [0.1, 0.15) is 50.2 Å². The Morgan fingerprint density at radius 3 is 2.58 bits per heavy atom. The number of carbonyl (C=O) groups excluding carboxylic acids is 2. The fourth-order valence-electron chi connectivity index (χ4n) is 4.52. The van der Waals surface area contributed by atoms with Crippen molar-refractivity contribution >= 4 is 28.4 Å². The van der Waals surface area contributed by atoms with Crippen molar-refractivity contribution in [3.8, 4) is 0 Å². The summed E-state index contributed by atoms with van der Waals surface area (Å²) in [6.45, 7) is 9.25. The van der Waals surface area contributed by atoms with Crippen LogP contribution in [0.3, 0.4) is 0 Å². The molecule has 4 rings (SSSR count). The molecule has 0 radical (unpaired) electrons. The molecule has 5 heteroatoms. The van der Waals surface area contributed by atoms with Gasteiger partial charge in [-0.05, 0) is 49.4 Å². The summed E-state index contributed by atoms with van der Waals surface area (Å²) in [7, 11) is 0. The van der Waals surface area contributed by atoms with E-state index in [1.165, 1.54) is 0 Å². The van der Waals surface area contributed by atoms with Gasteiger partial charge in [0.05, 0.1) is 6.54 Å². The van der Waals surface area contributed by atoms with Crippen molar-refractivity contribution in [3.05, 3.63) is 65.9 Å². The molecule has 0 bridgehead atoms. The van der Waals surface area contributed by atoms with Gasteiger partial charge in [0.2, 0.25) is 5.91 Å². The zero-order valence-corrected chi connectivity index (χ0v) is 18.8. The maximum Gasteiger partial charge on any atom is 0.275 e. The Morgan fingerprint density at radius 2 is 1.84 bits per heavy atom. The van der Waals surface area contributed by atoms with E-state index in [9.17, 15) is 9.59 Å². The highest BCUT2D eigenvalue weighted by atomic mass is 16.2. The zero-order valence-electron chi connectivity index (χ0n) is 18.8. The van der Waals surface area contributed by atoms with E-state index in [1.807, 2.05) is 66.1 Å².